The second-order valence-corrected chi connectivity index (χ2v) is 7.20. The van der Waals surface area contributed by atoms with E-state index >= 15 is 0 Å². The summed E-state index contributed by atoms with van der Waals surface area (Å²) in [6, 6.07) is 4.03. The average molecular weight is 349 g/mol. The van der Waals surface area contributed by atoms with Gasteiger partial charge in [0.05, 0.1) is 10.0 Å². The van der Waals surface area contributed by atoms with Crippen LogP contribution in [0.15, 0.2) is 16.6 Å². The van der Waals surface area contributed by atoms with E-state index < -0.39 is 4.32 Å². The first-order valence-corrected chi connectivity index (χ1v) is 6.57. The summed E-state index contributed by atoms with van der Waals surface area (Å²) in [5.74, 6) is -0.0554. The van der Waals surface area contributed by atoms with E-state index in [4.69, 9.17) is 0 Å². The normalized spacial score (nSPS) is 11.4. The number of rotatable bonds is 2. The number of hydrogen-bond acceptors (Lipinski definition) is 1. The molecule has 0 saturated carbocycles. The third kappa shape index (κ3) is 3.32. The van der Waals surface area contributed by atoms with E-state index in [1.54, 1.807) is 0 Å². The Morgan fingerprint density at radius 3 is 2.31 bits per heavy atom. The van der Waals surface area contributed by atoms with Crippen molar-refractivity contribution in [1.82, 2.24) is 0 Å². The SMILES string of the molecule is Cc1cc(C)c(NC(=O)C(C)(C)Br)c(Br)c1. The maximum absolute atomic E-state index is 11.8. The van der Waals surface area contributed by atoms with Gasteiger partial charge in [-0.3, -0.25) is 4.79 Å². The summed E-state index contributed by atoms with van der Waals surface area (Å²) in [6.45, 7) is 7.64. The minimum absolute atomic E-state index is 0.0554. The van der Waals surface area contributed by atoms with Gasteiger partial charge in [-0.2, -0.15) is 0 Å². The van der Waals surface area contributed by atoms with Crippen LogP contribution >= 0.6 is 31.9 Å². The number of alkyl halides is 1. The van der Waals surface area contributed by atoms with E-state index in [1.165, 1.54) is 5.56 Å². The number of halogens is 2. The summed E-state index contributed by atoms with van der Waals surface area (Å²) < 4.78 is 0.346. The van der Waals surface area contributed by atoms with E-state index in [1.807, 2.05) is 39.8 Å². The summed E-state index contributed by atoms with van der Waals surface area (Å²) in [5, 5.41) is 2.91. The Kier molecular flexibility index (Phi) is 4.18. The van der Waals surface area contributed by atoms with Crippen LogP contribution in [0, 0.1) is 13.8 Å². The quantitative estimate of drug-likeness (QED) is 0.798. The van der Waals surface area contributed by atoms with Crippen molar-refractivity contribution in [1.29, 1.82) is 0 Å². The van der Waals surface area contributed by atoms with Crippen LogP contribution in [-0.4, -0.2) is 10.2 Å². The van der Waals surface area contributed by atoms with Crippen molar-refractivity contribution >= 4 is 43.5 Å². The largest absolute Gasteiger partial charge is 0.324 e. The zero-order chi connectivity index (χ0) is 12.5. The van der Waals surface area contributed by atoms with Gasteiger partial charge in [-0.15, -0.1) is 0 Å². The molecule has 88 valence electrons. The molecule has 16 heavy (non-hydrogen) atoms. The fourth-order valence-corrected chi connectivity index (χ4v) is 2.21. The topological polar surface area (TPSA) is 29.1 Å². The van der Waals surface area contributed by atoms with Crippen LogP contribution in [0.4, 0.5) is 5.69 Å². The molecule has 2 nitrogen and oxygen atoms in total. The fourth-order valence-electron chi connectivity index (χ4n) is 1.34. The zero-order valence-corrected chi connectivity index (χ0v) is 13.0. The maximum Gasteiger partial charge on any atom is 0.240 e. The van der Waals surface area contributed by atoms with Crippen molar-refractivity contribution in [2.75, 3.05) is 5.32 Å². The predicted molar refractivity (Wildman–Crippen MR) is 75.3 cm³/mol. The Hall–Kier alpha value is -0.350. The molecular weight excluding hydrogens is 334 g/mol. The number of amides is 1. The van der Waals surface area contributed by atoms with Crippen molar-refractivity contribution < 1.29 is 4.79 Å². The molecule has 0 aliphatic heterocycles. The molecule has 1 aromatic carbocycles. The molecule has 0 aromatic heterocycles. The van der Waals surface area contributed by atoms with Gasteiger partial charge in [0.1, 0.15) is 0 Å². The molecule has 0 saturated heterocycles. The van der Waals surface area contributed by atoms with Crippen LogP contribution in [0.3, 0.4) is 0 Å². The van der Waals surface area contributed by atoms with Gasteiger partial charge in [0, 0.05) is 4.47 Å². The Labute approximate surface area is 113 Å². The molecule has 1 rings (SSSR count). The predicted octanol–water partition coefficient (Wildman–Crippen LogP) is 4.18. The molecule has 1 amide bonds. The van der Waals surface area contributed by atoms with Crippen LogP contribution in [-0.2, 0) is 4.79 Å². The van der Waals surface area contributed by atoms with E-state index in [2.05, 4.69) is 37.2 Å². The zero-order valence-electron chi connectivity index (χ0n) is 9.82. The van der Waals surface area contributed by atoms with Crippen molar-refractivity contribution in [3.05, 3.63) is 27.7 Å². The molecule has 0 heterocycles. The minimum Gasteiger partial charge on any atom is -0.324 e. The number of carbonyl (C=O) groups is 1. The summed E-state index contributed by atoms with van der Waals surface area (Å²) in [4.78, 5) is 11.8. The van der Waals surface area contributed by atoms with Gasteiger partial charge in [-0.1, -0.05) is 22.0 Å². The van der Waals surface area contributed by atoms with Crippen LogP contribution < -0.4 is 5.32 Å². The monoisotopic (exact) mass is 347 g/mol. The fraction of sp³-hybridized carbons (Fsp3) is 0.417. The van der Waals surface area contributed by atoms with Crippen LogP contribution in [0.2, 0.25) is 0 Å². The van der Waals surface area contributed by atoms with E-state index in [9.17, 15) is 4.79 Å². The number of carbonyl (C=O) groups excluding carboxylic acids is 1. The van der Waals surface area contributed by atoms with Crippen molar-refractivity contribution in [3.8, 4) is 0 Å². The van der Waals surface area contributed by atoms with Crippen LogP contribution in [0.5, 0.6) is 0 Å². The first-order chi connectivity index (χ1) is 7.21. The van der Waals surface area contributed by atoms with Crippen molar-refractivity contribution in [3.63, 3.8) is 0 Å². The summed E-state index contributed by atoms with van der Waals surface area (Å²) in [7, 11) is 0. The van der Waals surface area contributed by atoms with Gasteiger partial charge in [0.25, 0.3) is 0 Å². The highest BCUT2D eigenvalue weighted by molar-refractivity contribution is 9.10. The summed E-state index contributed by atoms with van der Waals surface area (Å²) in [6.07, 6.45) is 0. The molecule has 1 aromatic rings. The van der Waals surface area contributed by atoms with Gasteiger partial charge in [-0.25, -0.2) is 0 Å². The Bertz CT molecular complexity index is 399. The lowest BCUT2D eigenvalue weighted by Crippen LogP contribution is -2.31. The molecular formula is C12H15Br2NO. The molecule has 0 atom stereocenters. The first kappa shape index (κ1) is 13.7. The van der Waals surface area contributed by atoms with Crippen molar-refractivity contribution in [2.45, 2.75) is 32.0 Å². The third-order valence-corrected chi connectivity index (χ3v) is 3.20. The molecule has 4 heteroatoms. The van der Waals surface area contributed by atoms with Gasteiger partial charge < -0.3 is 5.32 Å². The molecule has 1 N–H and O–H groups in total. The van der Waals surface area contributed by atoms with E-state index in [-0.39, 0.29) is 5.91 Å². The highest BCUT2D eigenvalue weighted by Crippen LogP contribution is 2.29. The van der Waals surface area contributed by atoms with Gasteiger partial charge >= 0.3 is 0 Å². The van der Waals surface area contributed by atoms with Crippen LogP contribution in [0.25, 0.3) is 0 Å². The highest BCUT2D eigenvalue weighted by Gasteiger charge is 2.24. The number of hydrogen-bond donors (Lipinski definition) is 1. The lowest BCUT2D eigenvalue weighted by Gasteiger charge is -2.18. The standard InChI is InChI=1S/C12H15Br2NO/c1-7-5-8(2)10(9(13)6-7)15-11(16)12(3,4)14/h5-6H,1-4H3,(H,15,16). The van der Waals surface area contributed by atoms with E-state index in [0.717, 1.165) is 15.7 Å². The molecule has 0 unspecified atom stereocenters. The Balaban J connectivity index is 3.03. The second-order valence-electron chi connectivity index (χ2n) is 4.37. The summed E-state index contributed by atoms with van der Waals surface area (Å²) >= 11 is 6.80. The Morgan fingerprint density at radius 1 is 1.31 bits per heavy atom. The second kappa shape index (κ2) is 4.88. The van der Waals surface area contributed by atoms with Gasteiger partial charge in [0.2, 0.25) is 5.91 Å². The Morgan fingerprint density at radius 2 is 1.88 bits per heavy atom. The lowest BCUT2D eigenvalue weighted by molar-refractivity contribution is -0.117. The first-order valence-electron chi connectivity index (χ1n) is 4.99. The molecule has 0 aliphatic carbocycles. The molecule has 0 radical (unpaired) electrons. The molecule has 0 spiro atoms. The number of aryl methyl sites for hydroxylation is 2. The molecule has 0 bridgehead atoms. The third-order valence-electron chi connectivity index (χ3n) is 2.21. The molecule has 0 fully saturated rings. The highest BCUT2D eigenvalue weighted by atomic mass is 79.9. The van der Waals surface area contributed by atoms with Gasteiger partial charge in [-0.05, 0) is 60.8 Å². The number of nitrogens with one attached hydrogen (secondary N) is 1. The lowest BCUT2D eigenvalue weighted by atomic mass is 10.1. The number of benzene rings is 1. The minimum atomic E-state index is -0.566. The van der Waals surface area contributed by atoms with Gasteiger partial charge in [0.15, 0.2) is 0 Å². The maximum atomic E-state index is 11.8. The number of anilines is 1. The average Bonchev–Trinajstić information content (AvgIpc) is 2.08. The summed E-state index contributed by atoms with van der Waals surface area (Å²) in [5.41, 5.74) is 3.06. The molecule has 0 aliphatic rings. The van der Waals surface area contributed by atoms with E-state index in [0.29, 0.717) is 0 Å². The van der Waals surface area contributed by atoms with Crippen LogP contribution in [0.1, 0.15) is 25.0 Å². The van der Waals surface area contributed by atoms with Crippen molar-refractivity contribution in [2.24, 2.45) is 0 Å². The smallest absolute Gasteiger partial charge is 0.240 e.